The number of carbonyl (C=O) groups is 3. The number of allylic oxidation sites excluding steroid dienone is 2. The Bertz CT molecular complexity index is 1450. The first-order valence-corrected chi connectivity index (χ1v) is 20.8. The normalized spacial score (nSPS) is 43.1. The highest BCUT2D eigenvalue weighted by molar-refractivity contribution is 6.00. The number of hydrogen-bond donors (Lipinski definition) is 3. The fourth-order valence-electron chi connectivity index (χ4n) is 14.0. The van der Waals surface area contributed by atoms with E-state index in [1.807, 2.05) is 13.8 Å². The predicted molar refractivity (Wildman–Crippen MR) is 203 cm³/mol. The van der Waals surface area contributed by atoms with Crippen LogP contribution >= 0.6 is 0 Å². The highest BCUT2D eigenvalue weighted by atomic mass is 16.5. The molecule has 0 aliphatic heterocycles. The third-order valence-electron chi connectivity index (χ3n) is 17.6. The fraction of sp³-hybridized carbons (Fsp3) is 0.886. The van der Waals surface area contributed by atoms with Crippen LogP contribution in [0.5, 0.6) is 0 Å². The molecule has 0 bridgehead atoms. The second kappa shape index (κ2) is 12.9. The Kier molecular flexibility index (Phi) is 9.90. The molecular formula is C44H72N2O5. The number of carboxylic acid groups (broad SMARTS) is 1. The van der Waals surface area contributed by atoms with Crippen LogP contribution in [0.25, 0.3) is 0 Å². The summed E-state index contributed by atoms with van der Waals surface area (Å²) in [5.41, 5.74) is 8.77. The first-order valence-electron chi connectivity index (χ1n) is 20.8. The monoisotopic (exact) mass is 709 g/mol. The van der Waals surface area contributed by atoms with Gasteiger partial charge in [-0.25, -0.2) is 0 Å². The number of ether oxygens (including phenoxy) is 1. The van der Waals surface area contributed by atoms with E-state index in [4.69, 9.17) is 10.5 Å². The van der Waals surface area contributed by atoms with Crippen molar-refractivity contribution in [2.45, 2.75) is 159 Å². The van der Waals surface area contributed by atoms with Crippen molar-refractivity contribution in [3.8, 4) is 0 Å². The van der Waals surface area contributed by atoms with Gasteiger partial charge in [-0.05, 0) is 128 Å². The van der Waals surface area contributed by atoms with Crippen LogP contribution in [-0.4, -0.2) is 48.1 Å². The lowest BCUT2D eigenvalue weighted by molar-refractivity contribution is -0.236. The number of hydrogen-bond acceptors (Lipinski definition) is 6. The molecule has 11 atom stereocenters. The first kappa shape index (κ1) is 39.0. The largest absolute Gasteiger partial charge is 0.481 e. The maximum Gasteiger partial charge on any atom is 0.309 e. The summed E-state index contributed by atoms with van der Waals surface area (Å²) < 4.78 is 6.42. The van der Waals surface area contributed by atoms with Crippen molar-refractivity contribution in [3.05, 3.63) is 11.1 Å². The summed E-state index contributed by atoms with van der Waals surface area (Å²) in [6, 6.07) is 0.142. The van der Waals surface area contributed by atoms with Crippen LogP contribution in [0.15, 0.2) is 11.1 Å². The summed E-state index contributed by atoms with van der Waals surface area (Å²) in [4.78, 5) is 39.3. The van der Waals surface area contributed by atoms with E-state index >= 15 is 0 Å². The van der Waals surface area contributed by atoms with Crippen molar-refractivity contribution in [1.29, 1.82) is 0 Å². The van der Waals surface area contributed by atoms with Gasteiger partial charge in [-0.15, -0.1) is 0 Å². The average Bonchev–Trinajstić information content (AvgIpc) is 3.32. The Balaban J connectivity index is 1.23. The molecule has 4 N–H and O–H groups in total. The highest BCUT2D eigenvalue weighted by Crippen LogP contribution is 2.77. The smallest absolute Gasteiger partial charge is 0.309 e. The molecule has 0 spiro atoms. The number of fused-ring (bicyclic) bond motifs is 7. The zero-order valence-corrected chi connectivity index (χ0v) is 34.0. The zero-order valence-electron chi connectivity index (χ0n) is 34.0. The number of rotatable bonds is 10. The molecule has 5 saturated carbocycles. The molecular weight excluding hydrogens is 636 g/mol. The maximum atomic E-state index is 14.0. The summed E-state index contributed by atoms with van der Waals surface area (Å²) in [7, 11) is 0. The van der Waals surface area contributed by atoms with Crippen molar-refractivity contribution in [2.75, 3.05) is 13.1 Å². The van der Waals surface area contributed by atoms with Gasteiger partial charge in [0.15, 0.2) is 5.78 Å². The number of nitrogens with one attached hydrogen (secondary N) is 1. The molecule has 5 fully saturated rings. The molecule has 51 heavy (non-hydrogen) atoms. The van der Waals surface area contributed by atoms with Gasteiger partial charge < -0.3 is 20.9 Å². The van der Waals surface area contributed by atoms with E-state index in [0.717, 1.165) is 51.6 Å². The summed E-state index contributed by atoms with van der Waals surface area (Å²) in [6.07, 6.45) is 10.8. The van der Waals surface area contributed by atoms with Crippen molar-refractivity contribution in [2.24, 2.45) is 79.6 Å². The molecule has 0 heterocycles. The van der Waals surface area contributed by atoms with Gasteiger partial charge in [-0.3, -0.25) is 14.4 Å². The predicted octanol–water partition coefficient (Wildman–Crippen LogP) is 8.59. The fourth-order valence-corrected chi connectivity index (χ4v) is 14.0. The van der Waals surface area contributed by atoms with Crippen LogP contribution < -0.4 is 11.1 Å². The number of ketones is 1. The van der Waals surface area contributed by atoms with Crippen LogP contribution in [0.3, 0.4) is 0 Å². The van der Waals surface area contributed by atoms with E-state index in [2.05, 4.69) is 67.6 Å². The van der Waals surface area contributed by atoms with Crippen LogP contribution in [0.2, 0.25) is 0 Å². The second-order valence-electron chi connectivity index (χ2n) is 21.1. The van der Waals surface area contributed by atoms with E-state index in [1.165, 1.54) is 24.8 Å². The molecule has 7 heteroatoms. The van der Waals surface area contributed by atoms with Crippen LogP contribution in [0, 0.1) is 73.9 Å². The Morgan fingerprint density at radius 1 is 0.863 bits per heavy atom. The minimum absolute atomic E-state index is 0.0243. The Morgan fingerprint density at radius 2 is 1.55 bits per heavy atom. The van der Waals surface area contributed by atoms with Crippen molar-refractivity contribution in [3.63, 3.8) is 0 Å². The quantitative estimate of drug-likeness (QED) is 0.154. The van der Waals surface area contributed by atoms with Crippen LogP contribution in [0.4, 0.5) is 0 Å². The molecule has 288 valence electrons. The van der Waals surface area contributed by atoms with Crippen LogP contribution in [-0.2, 0) is 19.1 Å². The van der Waals surface area contributed by atoms with Crippen molar-refractivity contribution in [1.82, 2.24) is 5.32 Å². The molecule has 2 unspecified atom stereocenters. The van der Waals surface area contributed by atoms with Gasteiger partial charge in [0, 0.05) is 29.8 Å². The summed E-state index contributed by atoms with van der Waals surface area (Å²) >= 11 is 0. The Morgan fingerprint density at radius 3 is 2.16 bits per heavy atom. The molecule has 0 amide bonds. The number of Topliss-reactive ketones (excluding diaryl/α,β-unsaturated/α-hetero) is 1. The lowest BCUT2D eigenvalue weighted by Gasteiger charge is -2.72. The number of esters is 1. The summed E-state index contributed by atoms with van der Waals surface area (Å²) in [5.74, 6) is 0.709. The van der Waals surface area contributed by atoms with Gasteiger partial charge >= 0.3 is 11.9 Å². The van der Waals surface area contributed by atoms with Gasteiger partial charge in [0.2, 0.25) is 0 Å². The SMILES string of the molecule is CC(C)C1=C2C3CC[C@@H]4[C@@]5(C)CC[C@H](OC(=O)[C@H]6C[C@@H](C(=O)O)C6(C)C)C(C)(C)[C@@H]5CC[C@@]4(C)[C@]3(C)CCC2(CCNC[C@@H](N)C(C)C)CC1=O. The Labute approximate surface area is 309 Å². The Hall–Kier alpha value is -1.73. The third-order valence-corrected chi connectivity index (χ3v) is 17.6. The minimum atomic E-state index is -0.814. The molecule has 0 radical (unpaired) electrons. The van der Waals surface area contributed by atoms with E-state index in [1.54, 1.807) is 5.57 Å². The molecule has 6 rings (SSSR count). The standard InChI is InChI=1S/C44H72N2O5/c1-25(2)30(45)24-46-21-20-44-19-18-42(10)27(36(44)35(26(3)4)31(47)23-44)12-13-33-41(9)16-15-34(40(7,8)32(41)14-17-43(33,42)11)51-38(50)29-22-28(37(48)49)39(29,5)6/h25-30,32-34,46H,12-24,45H2,1-11H3,(H,48,49)/t27?,28-,29+,30+,32-,33+,34-,41-,42+,43+,44?/m0/s1. The summed E-state index contributed by atoms with van der Waals surface area (Å²) in [5, 5.41) is 13.3. The number of carboxylic acids is 1. The number of nitrogens with two attached hydrogens (primary N) is 1. The van der Waals surface area contributed by atoms with Crippen LogP contribution in [0.1, 0.15) is 147 Å². The number of carbonyl (C=O) groups excluding carboxylic acids is 2. The van der Waals surface area contributed by atoms with E-state index < -0.39 is 17.3 Å². The molecule has 6 aliphatic carbocycles. The van der Waals surface area contributed by atoms with Gasteiger partial charge in [-0.2, -0.15) is 0 Å². The van der Waals surface area contributed by atoms with Crippen molar-refractivity contribution < 1.29 is 24.2 Å². The minimum Gasteiger partial charge on any atom is -0.481 e. The molecule has 0 saturated heterocycles. The first-order chi connectivity index (χ1) is 23.6. The summed E-state index contributed by atoms with van der Waals surface area (Å²) in [6.45, 7) is 26.9. The topological polar surface area (TPSA) is 119 Å². The third kappa shape index (κ3) is 5.73. The van der Waals surface area contributed by atoms with E-state index in [-0.39, 0.29) is 57.0 Å². The molecule has 0 aromatic rings. The van der Waals surface area contributed by atoms with E-state index in [9.17, 15) is 19.5 Å². The lowest BCUT2D eigenvalue weighted by Crippen LogP contribution is -2.66. The molecule has 0 aromatic carbocycles. The zero-order chi connectivity index (χ0) is 37.7. The van der Waals surface area contributed by atoms with E-state index in [0.29, 0.717) is 42.3 Å². The highest BCUT2D eigenvalue weighted by Gasteiger charge is 2.70. The van der Waals surface area contributed by atoms with Gasteiger partial charge in [0.25, 0.3) is 0 Å². The number of aliphatic carboxylic acids is 1. The second-order valence-corrected chi connectivity index (χ2v) is 21.1. The van der Waals surface area contributed by atoms with Gasteiger partial charge in [0.1, 0.15) is 6.10 Å². The average molecular weight is 709 g/mol. The van der Waals surface area contributed by atoms with Gasteiger partial charge in [-0.1, -0.05) is 81.7 Å². The molecule has 6 aliphatic rings. The maximum absolute atomic E-state index is 14.0. The van der Waals surface area contributed by atoms with Gasteiger partial charge in [0.05, 0.1) is 11.8 Å². The molecule has 0 aromatic heterocycles. The van der Waals surface area contributed by atoms with Crippen molar-refractivity contribution >= 4 is 17.7 Å². The molecule has 7 nitrogen and oxygen atoms in total. The lowest BCUT2D eigenvalue weighted by atomic mass is 9.33.